The SMILES string of the molecule is N=C=S.P. The molecule has 0 heterocycles. The molecule has 1 atom stereocenters. The first-order chi connectivity index (χ1) is 1.41. The van der Waals surface area contributed by atoms with Crippen molar-refractivity contribution in [3.8, 4) is 0 Å². The first-order valence-corrected chi connectivity index (χ1v) is 0.862. The Morgan fingerprint density at radius 2 is 1.75 bits per heavy atom. The van der Waals surface area contributed by atoms with Gasteiger partial charge in [-0.25, -0.2) is 5.41 Å². The number of thiocarbonyl (C=S) groups is 1. The first-order valence-electron chi connectivity index (χ1n) is 0.454. The molecule has 24 valence electrons. The summed E-state index contributed by atoms with van der Waals surface area (Å²) in [5, 5.41) is 7.36. The van der Waals surface area contributed by atoms with Crippen molar-refractivity contribution in [2.45, 2.75) is 0 Å². The van der Waals surface area contributed by atoms with Crippen LogP contribution >= 0.6 is 22.1 Å². The molecule has 1 N–H and O–H groups in total. The first kappa shape index (κ1) is 8.87. The van der Waals surface area contributed by atoms with Crippen LogP contribution in [0.4, 0.5) is 0 Å². The van der Waals surface area contributed by atoms with Gasteiger partial charge in [0.05, 0.1) is 5.16 Å². The molecule has 1 nitrogen and oxygen atoms in total. The molecule has 1 unspecified atom stereocenters. The number of rotatable bonds is 0. The fourth-order valence-corrected chi connectivity index (χ4v) is 0. The molecule has 0 aliphatic rings. The molecule has 0 rings (SSSR count). The van der Waals surface area contributed by atoms with E-state index in [1.807, 2.05) is 0 Å². The largest absolute Gasteiger partial charge is 0.248 e. The molecule has 0 radical (unpaired) electrons. The lowest BCUT2D eigenvalue weighted by molar-refractivity contribution is 1.61. The van der Waals surface area contributed by atoms with Gasteiger partial charge in [-0.05, 0) is 12.2 Å². The van der Waals surface area contributed by atoms with Gasteiger partial charge >= 0.3 is 0 Å². The smallest absolute Gasteiger partial charge is 0.0554 e. The predicted octanol–water partition coefficient (Wildman–Crippen LogP) is 0.726. The van der Waals surface area contributed by atoms with Gasteiger partial charge in [-0.2, -0.15) is 9.90 Å². The zero-order valence-corrected chi connectivity index (χ0v) is 4.35. The Morgan fingerprint density at radius 1 is 1.75 bits per heavy atom. The molecule has 0 saturated carbocycles. The van der Waals surface area contributed by atoms with Crippen LogP contribution in [0.15, 0.2) is 0 Å². The van der Waals surface area contributed by atoms with Crippen molar-refractivity contribution in [3.05, 3.63) is 0 Å². The van der Waals surface area contributed by atoms with E-state index in [0.29, 0.717) is 0 Å². The van der Waals surface area contributed by atoms with E-state index in [2.05, 4.69) is 12.2 Å². The van der Waals surface area contributed by atoms with E-state index in [9.17, 15) is 0 Å². The summed E-state index contributed by atoms with van der Waals surface area (Å²) < 4.78 is 0. The molecular weight excluding hydrogens is 89.1 g/mol. The standard InChI is InChI=1S/CHNS.H3P/c2-1-3;/h2H;1H3. The molecule has 0 aromatic heterocycles. The zero-order chi connectivity index (χ0) is 2.71. The van der Waals surface area contributed by atoms with Crippen molar-refractivity contribution in [2.24, 2.45) is 0 Å². The molecule has 0 fully saturated rings. The van der Waals surface area contributed by atoms with Gasteiger partial charge in [-0.1, -0.05) is 0 Å². The van der Waals surface area contributed by atoms with Gasteiger partial charge in [-0.15, -0.1) is 0 Å². The highest BCUT2D eigenvalue weighted by Gasteiger charge is 0.975. The lowest BCUT2D eigenvalue weighted by atomic mass is 11.8. The van der Waals surface area contributed by atoms with Crippen LogP contribution < -0.4 is 0 Å². The Kier molecular flexibility index (Phi) is 23.6. The summed E-state index contributed by atoms with van der Waals surface area (Å²) in [5.41, 5.74) is 0. The average Bonchev–Trinajstić information content (AvgIpc) is 0.918. The van der Waals surface area contributed by atoms with E-state index in [1.165, 1.54) is 0 Å². The molecule has 0 aliphatic heterocycles. The monoisotopic (exact) mass is 93.0 g/mol. The summed E-state index contributed by atoms with van der Waals surface area (Å²) in [6, 6.07) is 0. The maximum atomic E-state index is 5.77. The third-order valence-electron chi connectivity index (χ3n) is 0. The Bertz CT molecular complexity index is 29.0. The molecule has 0 saturated heterocycles. The third-order valence-corrected chi connectivity index (χ3v) is 0. The van der Waals surface area contributed by atoms with E-state index in [1.54, 1.807) is 5.16 Å². The fraction of sp³-hybridized carbons (Fsp3) is 0. The molecule has 0 aromatic carbocycles. The molecule has 0 aliphatic carbocycles. The van der Waals surface area contributed by atoms with Crippen LogP contribution in [0.3, 0.4) is 0 Å². The van der Waals surface area contributed by atoms with Crippen LogP contribution in [-0.4, -0.2) is 5.16 Å². The quantitative estimate of drug-likeness (QED) is 0.266. The molecule has 3 heteroatoms. The van der Waals surface area contributed by atoms with Crippen LogP contribution in [0, 0.1) is 5.41 Å². The van der Waals surface area contributed by atoms with Crippen molar-refractivity contribution in [1.29, 1.82) is 5.41 Å². The van der Waals surface area contributed by atoms with Gasteiger partial charge in [0.1, 0.15) is 0 Å². The molecule has 0 spiro atoms. The van der Waals surface area contributed by atoms with E-state index in [4.69, 9.17) is 5.41 Å². The molecular formula is CH4NPS. The van der Waals surface area contributed by atoms with Gasteiger partial charge in [0.15, 0.2) is 0 Å². The van der Waals surface area contributed by atoms with Crippen LogP contribution in [0.1, 0.15) is 0 Å². The minimum atomic E-state index is 0. The maximum Gasteiger partial charge on any atom is 0.0554 e. The van der Waals surface area contributed by atoms with Crippen LogP contribution in [0.25, 0.3) is 0 Å². The number of nitrogens with one attached hydrogen (secondary N) is 1. The van der Waals surface area contributed by atoms with Crippen molar-refractivity contribution in [3.63, 3.8) is 0 Å². The Labute approximate surface area is 33.5 Å². The number of hydrogen-bond donors (Lipinski definition) is 1. The van der Waals surface area contributed by atoms with Crippen molar-refractivity contribution in [2.75, 3.05) is 0 Å². The molecule has 0 bridgehead atoms. The van der Waals surface area contributed by atoms with Crippen LogP contribution in [-0.2, 0) is 0 Å². The molecule has 0 aromatic rings. The third kappa shape index (κ3) is 63.8. The Hall–Kier alpha value is 0.230. The van der Waals surface area contributed by atoms with Gasteiger partial charge < -0.3 is 0 Å². The minimum absolute atomic E-state index is 0. The van der Waals surface area contributed by atoms with Crippen molar-refractivity contribution < 1.29 is 0 Å². The summed E-state index contributed by atoms with van der Waals surface area (Å²) in [5.74, 6) is 0. The van der Waals surface area contributed by atoms with Crippen molar-refractivity contribution in [1.82, 2.24) is 0 Å². The molecule has 4 heavy (non-hydrogen) atoms. The van der Waals surface area contributed by atoms with Crippen molar-refractivity contribution >= 4 is 27.3 Å². The zero-order valence-electron chi connectivity index (χ0n) is 2.12. The summed E-state index contributed by atoms with van der Waals surface area (Å²) in [6.07, 6.45) is 0. The summed E-state index contributed by atoms with van der Waals surface area (Å²) in [6.45, 7) is 0. The second-order valence-electron chi connectivity index (χ2n) is 0.102. The lowest BCUT2D eigenvalue weighted by Crippen LogP contribution is -1.03. The Balaban J connectivity index is 0. The van der Waals surface area contributed by atoms with Gasteiger partial charge in [0.25, 0.3) is 0 Å². The van der Waals surface area contributed by atoms with Gasteiger partial charge in [0, 0.05) is 0 Å². The predicted molar refractivity (Wildman–Crippen MR) is 26.4 cm³/mol. The van der Waals surface area contributed by atoms with E-state index >= 15 is 0 Å². The summed E-state index contributed by atoms with van der Waals surface area (Å²) >= 11 is 3.81. The topological polar surface area (TPSA) is 23.9 Å². The summed E-state index contributed by atoms with van der Waals surface area (Å²) in [7, 11) is 0. The lowest BCUT2D eigenvalue weighted by Gasteiger charge is -1.05. The summed E-state index contributed by atoms with van der Waals surface area (Å²) in [4.78, 5) is 0. The van der Waals surface area contributed by atoms with Crippen LogP contribution in [0.5, 0.6) is 0 Å². The normalized spacial score (nSPS) is 2.00. The number of isothiocyanates is 1. The highest BCUT2D eigenvalue weighted by atomic mass is 32.1. The second kappa shape index (κ2) is 10.6. The van der Waals surface area contributed by atoms with E-state index in [-0.39, 0.29) is 9.90 Å². The van der Waals surface area contributed by atoms with E-state index < -0.39 is 0 Å². The minimum Gasteiger partial charge on any atom is -0.248 e. The Morgan fingerprint density at radius 3 is 1.75 bits per heavy atom. The fourth-order valence-electron chi connectivity index (χ4n) is 0. The highest BCUT2D eigenvalue weighted by molar-refractivity contribution is 7.78. The second-order valence-corrected chi connectivity index (χ2v) is 0.306. The average molecular weight is 93.1 g/mol. The maximum absolute atomic E-state index is 5.77. The highest BCUT2D eigenvalue weighted by Crippen LogP contribution is 1.16. The van der Waals surface area contributed by atoms with Crippen LogP contribution in [0.2, 0.25) is 0 Å². The van der Waals surface area contributed by atoms with Gasteiger partial charge in [0.2, 0.25) is 0 Å². The van der Waals surface area contributed by atoms with Gasteiger partial charge in [-0.3, -0.25) is 0 Å². The number of hydrogen-bond acceptors (Lipinski definition) is 2. The molecule has 0 amide bonds. The van der Waals surface area contributed by atoms with E-state index in [0.717, 1.165) is 0 Å².